The molecular weight excluding hydrogens is 386 g/mol. The van der Waals surface area contributed by atoms with Crippen LogP contribution in [-0.4, -0.2) is 60.8 Å². The minimum absolute atomic E-state index is 0.0496. The van der Waals surface area contributed by atoms with Crippen molar-refractivity contribution in [1.82, 2.24) is 20.9 Å². The van der Waals surface area contributed by atoms with Gasteiger partial charge in [-0.1, -0.05) is 24.3 Å². The summed E-state index contributed by atoms with van der Waals surface area (Å²) < 4.78 is 5.77. The quantitative estimate of drug-likeness (QED) is 0.481. The highest BCUT2D eigenvalue weighted by Crippen LogP contribution is 2.32. The highest BCUT2D eigenvalue weighted by molar-refractivity contribution is 5.94. The smallest absolute Gasteiger partial charge is 0.252 e. The number of hydrogen-bond acceptors (Lipinski definition) is 6. The van der Waals surface area contributed by atoms with E-state index in [1.807, 2.05) is 12.1 Å². The van der Waals surface area contributed by atoms with Gasteiger partial charge in [0.05, 0.1) is 12.6 Å². The molecular formula is C21H29N5O4. The highest BCUT2D eigenvalue weighted by atomic mass is 16.5. The van der Waals surface area contributed by atoms with Crippen molar-refractivity contribution in [2.75, 3.05) is 13.7 Å². The Balaban J connectivity index is 1.44. The molecule has 0 bridgehead atoms. The molecule has 9 nitrogen and oxygen atoms in total. The van der Waals surface area contributed by atoms with Gasteiger partial charge in [0, 0.05) is 0 Å². The Labute approximate surface area is 175 Å². The zero-order chi connectivity index (χ0) is 21.3. The van der Waals surface area contributed by atoms with Crippen LogP contribution in [-0.2, 0) is 25.5 Å². The second kappa shape index (κ2) is 8.71. The first kappa shape index (κ1) is 20.8. The Morgan fingerprint density at radius 2 is 1.97 bits per heavy atom. The zero-order valence-corrected chi connectivity index (χ0v) is 17.1. The molecule has 2 heterocycles. The number of benzene rings is 1. The first-order valence-electron chi connectivity index (χ1n) is 10.5. The largest absolute Gasteiger partial charge is 0.356 e. The van der Waals surface area contributed by atoms with E-state index in [1.165, 1.54) is 10.5 Å². The predicted octanol–water partition coefficient (Wildman–Crippen LogP) is -0.483. The van der Waals surface area contributed by atoms with Crippen molar-refractivity contribution < 1.29 is 19.1 Å². The van der Waals surface area contributed by atoms with Crippen LogP contribution in [0.15, 0.2) is 24.3 Å². The molecule has 1 aromatic carbocycles. The van der Waals surface area contributed by atoms with Gasteiger partial charge in [0.15, 0.2) is 0 Å². The lowest BCUT2D eigenvalue weighted by Crippen LogP contribution is -2.63. The van der Waals surface area contributed by atoms with E-state index in [0.717, 1.165) is 24.8 Å². The van der Waals surface area contributed by atoms with Crippen molar-refractivity contribution in [3.05, 3.63) is 35.4 Å². The van der Waals surface area contributed by atoms with Crippen LogP contribution in [0.4, 0.5) is 0 Å². The van der Waals surface area contributed by atoms with E-state index < -0.39 is 30.4 Å². The number of fused-ring (bicyclic) bond motifs is 2. The summed E-state index contributed by atoms with van der Waals surface area (Å²) in [5.41, 5.74) is 8.07. The van der Waals surface area contributed by atoms with Gasteiger partial charge in [-0.3, -0.25) is 19.7 Å². The summed E-state index contributed by atoms with van der Waals surface area (Å²) >= 11 is 0. The van der Waals surface area contributed by atoms with Gasteiger partial charge in [-0.25, -0.2) is 0 Å². The zero-order valence-electron chi connectivity index (χ0n) is 17.1. The van der Waals surface area contributed by atoms with Crippen LogP contribution in [0.3, 0.4) is 0 Å². The van der Waals surface area contributed by atoms with Gasteiger partial charge in [0.2, 0.25) is 11.8 Å². The van der Waals surface area contributed by atoms with E-state index in [0.29, 0.717) is 12.8 Å². The van der Waals surface area contributed by atoms with Crippen LogP contribution < -0.4 is 21.7 Å². The maximum absolute atomic E-state index is 13.1. The fraction of sp³-hybridized carbons (Fsp3) is 0.571. The van der Waals surface area contributed by atoms with E-state index >= 15 is 0 Å². The molecule has 0 radical (unpaired) electrons. The van der Waals surface area contributed by atoms with E-state index in [1.54, 1.807) is 7.05 Å². The molecule has 5 N–H and O–H groups in total. The summed E-state index contributed by atoms with van der Waals surface area (Å²) in [6.07, 6.45) is 2.69. The number of likely N-dealkylation sites (N-methyl/N-ethyl adjacent to an activating group) is 1. The molecule has 2 fully saturated rings. The number of carbonyl (C=O) groups is 3. The molecule has 1 aliphatic carbocycles. The van der Waals surface area contributed by atoms with E-state index in [9.17, 15) is 14.4 Å². The maximum atomic E-state index is 13.1. The van der Waals surface area contributed by atoms with Gasteiger partial charge in [-0.05, 0) is 50.3 Å². The number of hydrogen-bond donors (Lipinski definition) is 4. The van der Waals surface area contributed by atoms with Crippen LogP contribution in [0.1, 0.15) is 42.9 Å². The third kappa shape index (κ3) is 3.92. The van der Waals surface area contributed by atoms with Gasteiger partial charge >= 0.3 is 0 Å². The second-order valence-electron chi connectivity index (χ2n) is 8.11. The van der Waals surface area contributed by atoms with Crippen LogP contribution in [0.25, 0.3) is 0 Å². The van der Waals surface area contributed by atoms with Crippen LogP contribution >= 0.6 is 0 Å². The number of nitrogens with one attached hydrogen (secondary N) is 3. The van der Waals surface area contributed by atoms with Gasteiger partial charge < -0.3 is 26.0 Å². The molecule has 5 atom stereocenters. The second-order valence-corrected chi connectivity index (χ2v) is 8.11. The number of aryl methyl sites for hydroxylation is 1. The maximum Gasteiger partial charge on any atom is 0.252 e. The Bertz CT molecular complexity index is 831. The summed E-state index contributed by atoms with van der Waals surface area (Å²) in [6.45, 7) is 0.0759. The van der Waals surface area contributed by atoms with Crippen LogP contribution in [0.2, 0.25) is 0 Å². The van der Waals surface area contributed by atoms with E-state index in [-0.39, 0.29) is 24.5 Å². The molecule has 1 aromatic rings. The average Bonchev–Trinajstić information content (AvgIpc) is 3.20. The van der Waals surface area contributed by atoms with Gasteiger partial charge in [0.25, 0.3) is 5.91 Å². The SMILES string of the molecule is CN[C@@H](N)C(=O)NC1CO[C@H]2CCC(C(=O)N[C@@H]3CCCc4ccccc43)N2C1=O. The lowest BCUT2D eigenvalue weighted by molar-refractivity contribution is -0.167. The summed E-state index contributed by atoms with van der Waals surface area (Å²) in [6, 6.07) is 6.66. The summed E-state index contributed by atoms with van der Waals surface area (Å²) in [5, 5.41) is 8.39. The molecule has 162 valence electrons. The average molecular weight is 415 g/mol. The predicted molar refractivity (Wildman–Crippen MR) is 109 cm³/mol. The lowest BCUT2D eigenvalue weighted by atomic mass is 9.87. The van der Waals surface area contributed by atoms with Crippen LogP contribution in [0, 0.1) is 0 Å². The van der Waals surface area contributed by atoms with E-state index in [4.69, 9.17) is 10.5 Å². The number of ether oxygens (including phenoxy) is 1. The van der Waals surface area contributed by atoms with Crippen molar-refractivity contribution in [2.45, 2.75) is 62.6 Å². The molecule has 2 aliphatic heterocycles. The normalized spacial score (nSPS) is 29.0. The Morgan fingerprint density at radius 3 is 2.77 bits per heavy atom. The number of carbonyl (C=O) groups excluding carboxylic acids is 3. The lowest BCUT2D eigenvalue weighted by Gasteiger charge is -2.38. The molecule has 9 heteroatoms. The first-order valence-corrected chi connectivity index (χ1v) is 10.5. The Morgan fingerprint density at radius 1 is 1.17 bits per heavy atom. The molecule has 2 unspecified atom stereocenters. The Hall–Kier alpha value is -2.49. The minimum atomic E-state index is -0.917. The van der Waals surface area contributed by atoms with Crippen LogP contribution in [0.5, 0.6) is 0 Å². The standard InChI is InChI=1S/C21H29N5O4/c1-23-18(22)20(28)25-15-11-30-17-10-9-16(26(17)21(15)29)19(27)24-14-8-4-6-12-5-2-3-7-13(12)14/h2-3,5,7,14-18,23H,4,6,8-11,22H2,1H3,(H,24,27)(H,25,28)/t14-,15?,16?,17+,18-/m1/s1. The minimum Gasteiger partial charge on any atom is -0.356 e. The molecule has 3 amide bonds. The van der Waals surface area contributed by atoms with Crippen molar-refractivity contribution in [3.63, 3.8) is 0 Å². The fourth-order valence-electron chi connectivity index (χ4n) is 4.62. The summed E-state index contributed by atoms with van der Waals surface area (Å²) in [5.74, 6) is -0.962. The molecule has 3 aliphatic rings. The molecule has 0 aromatic heterocycles. The fourth-order valence-corrected chi connectivity index (χ4v) is 4.62. The number of nitrogens with two attached hydrogens (primary N) is 1. The van der Waals surface area contributed by atoms with Gasteiger partial charge in [0.1, 0.15) is 24.5 Å². The molecule has 30 heavy (non-hydrogen) atoms. The van der Waals surface area contributed by atoms with E-state index in [2.05, 4.69) is 28.1 Å². The number of rotatable bonds is 5. The summed E-state index contributed by atoms with van der Waals surface area (Å²) in [4.78, 5) is 39.7. The number of amides is 3. The Kier molecular flexibility index (Phi) is 6.03. The van der Waals surface area contributed by atoms with Crippen molar-refractivity contribution in [2.24, 2.45) is 5.73 Å². The van der Waals surface area contributed by atoms with Crippen molar-refractivity contribution in [1.29, 1.82) is 0 Å². The van der Waals surface area contributed by atoms with Gasteiger partial charge in [-0.15, -0.1) is 0 Å². The molecule has 0 saturated carbocycles. The third-order valence-corrected chi connectivity index (χ3v) is 6.24. The molecule has 0 spiro atoms. The molecule has 2 saturated heterocycles. The van der Waals surface area contributed by atoms with Crippen molar-refractivity contribution >= 4 is 17.7 Å². The summed E-state index contributed by atoms with van der Waals surface area (Å²) in [7, 11) is 1.56. The van der Waals surface area contributed by atoms with Crippen molar-refractivity contribution in [3.8, 4) is 0 Å². The monoisotopic (exact) mass is 415 g/mol. The highest BCUT2D eigenvalue weighted by Gasteiger charge is 2.47. The topological polar surface area (TPSA) is 126 Å². The molecule has 4 rings (SSSR count). The third-order valence-electron chi connectivity index (χ3n) is 6.24. The number of nitrogens with zero attached hydrogens (tertiary/aromatic N) is 1. The first-order chi connectivity index (χ1) is 14.5. The van der Waals surface area contributed by atoms with Gasteiger partial charge in [-0.2, -0.15) is 0 Å².